The summed E-state index contributed by atoms with van der Waals surface area (Å²) in [6, 6.07) is 0. The van der Waals surface area contributed by atoms with Gasteiger partial charge in [-0.2, -0.15) is 4.31 Å². The Labute approximate surface area is 120 Å². The maximum absolute atomic E-state index is 12.4. The Morgan fingerprint density at radius 1 is 1.50 bits per heavy atom. The number of piperidine rings is 1. The third-order valence-corrected chi connectivity index (χ3v) is 6.74. The first-order valence-electron chi connectivity index (χ1n) is 6.19. The van der Waals surface area contributed by atoms with Crippen molar-refractivity contribution in [3.8, 4) is 0 Å². The molecule has 1 aliphatic heterocycles. The molecule has 2 rings (SSSR count). The molecule has 0 bridgehead atoms. The highest BCUT2D eigenvalue weighted by Gasteiger charge is 2.34. The molecule has 1 fully saturated rings. The summed E-state index contributed by atoms with van der Waals surface area (Å²) in [6.45, 7) is 2.27. The standard InChI is InChI=1S/C11H16N2O5S2/c1-7(14)8-2-4-13(5-3-8)20(17,18)11-9(10(15)16)12-6-19-11/h6-8,14H,2-5H2,1H3,(H,15,16). The first-order valence-corrected chi connectivity index (χ1v) is 8.51. The number of rotatable bonds is 4. The summed E-state index contributed by atoms with van der Waals surface area (Å²) in [5, 5.41) is 18.5. The van der Waals surface area contributed by atoms with Crippen LogP contribution in [0.4, 0.5) is 0 Å². The van der Waals surface area contributed by atoms with Crippen LogP contribution in [0.5, 0.6) is 0 Å². The molecule has 1 atom stereocenters. The predicted octanol–water partition coefficient (Wildman–Crippen LogP) is 0.623. The van der Waals surface area contributed by atoms with E-state index in [1.165, 1.54) is 9.82 Å². The second-order valence-corrected chi connectivity index (χ2v) is 7.76. The Morgan fingerprint density at radius 2 is 2.10 bits per heavy atom. The number of thiazole rings is 1. The van der Waals surface area contributed by atoms with Crippen LogP contribution in [0.15, 0.2) is 9.72 Å². The van der Waals surface area contributed by atoms with Gasteiger partial charge >= 0.3 is 5.97 Å². The van der Waals surface area contributed by atoms with E-state index in [4.69, 9.17) is 5.11 Å². The number of aromatic nitrogens is 1. The summed E-state index contributed by atoms with van der Waals surface area (Å²) < 4.78 is 25.9. The normalized spacial score (nSPS) is 19.9. The van der Waals surface area contributed by atoms with Crippen LogP contribution in [-0.4, -0.2) is 53.1 Å². The van der Waals surface area contributed by atoms with E-state index in [0.717, 1.165) is 11.3 Å². The van der Waals surface area contributed by atoms with Crippen molar-refractivity contribution in [3.63, 3.8) is 0 Å². The first kappa shape index (κ1) is 15.4. The van der Waals surface area contributed by atoms with Crippen LogP contribution in [-0.2, 0) is 10.0 Å². The number of aromatic carboxylic acids is 1. The number of nitrogens with zero attached hydrogens (tertiary/aromatic N) is 2. The summed E-state index contributed by atoms with van der Waals surface area (Å²) in [5.74, 6) is -1.26. The van der Waals surface area contributed by atoms with E-state index >= 15 is 0 Å². The Kier molecular flexibility index (Phi) is 4.43. The smallest absolute Gasteiger partial charge is 0.356 e. The molecule has 0 radical (unpaired) electrons. The van der Waals surface area contributed by atoms with Crippen molar-refractivity contribution in [2.45, 2.75) is 30.1 Å². The minimum atomic E-state index is -3.82. The molecule has 1 aromatic rings. The molecule has 20 heavy (non-hydrogen) atoms. The van der Waals surface area contributed by atoms with Crippen molar-refractivity contribution in [1.29, 1.82) is 0 Å². The van der Waals surface area contributed by atoms with Crippen LogP contribution in [0.1, 0.15) is 30.3 Å². The summed E-state index contributed by atoms with van der Waals surface area (Å²) in [6.07, 6.45) is 0.675. The zero-order valence-electron chi connectivity index (χ0n) is 10.9. The maximum Gasteiger partial charge on any atom is 0.356 e. The molecule has 0 spiro atoms. The van der Waals surface area contributed by atoms with E-state index in [-0.39, 0.29) is 23.2 Å². The van der Waals surface area contributed by atoms with E-state index < -0.39 is 27.8 Å². The lowest BCUT2D eigenvalue weighted by Gasteiger charge is -2.32. The topological polar surface area (TPSA) is 108 Å². The molecule has 112 valence electrons. The van der Waals surface area contributed by atoms with Crippen LogP contribution < -0.4 is 0 Å². The Hall–Kier alpha value is -1.03. The average Bonchev–Trinajstić information content (AvgIpc) is 2.89. The lowest BCUT2D eigenvalue weighted by atomic mass is 9.93. The fourth-order valence-electron chi connectivity index (χ4n) is 2.28. The Balaban J connectivity index is 2.20. The van der Waals surface area contributed by atoms with Gasteiger partial charge in [-0.3, -0.25) is 0 Å². The van der Waals surface area contributed by atoms with Gasteiger partial charge < -0.3 is 10.2 Å². The molecule has 2 N–H and O–H groups in total. The monoisotopic (exact) mass is 320 g/mol. The van der Waals surface area contributed by atoms with Gasteiger partial charge in [0.1, 0.15) is 0 Å². The molecule has 2 heterocycles. The first-order chi connectivity index (χ1) is 9.34. The number of aliphatic hydroxyl groups is 1. The van der Waals surface area contributed by atoms with Gasteiger partial charge in [0.15, 0.2) is 9.90 Å². The average molecular weight is 320 g/mol. The molecular formula is C11H16N2O5S2. The summed E-state index contributed by atoms with van der Waals surface area (Å²) in [5.41, 5.74) is 0.798. The van der Waals surface area contributed by atoms with Gasteiger partial charge in [0.05, 0.1) is 11.6 Å². The molecule has 7 nitrogen and oxygen atoms in total. The van der Waals surface area contributed by atoms with Gasteiger partial charge in [-0.15, -0.1) is 11.3 Å². The van der Waals surface area contributed by atoms with Crippen LogP contribution in [0.25, 0.3) is 0 Å². The fraction of sp³-hybridized carbons (Fsp3) is 0.636. The highest BCUT2D eigenvalue weighted by Crippen LogP contribution is 2.29. The molecule has 1 unspecified atom stereocenters. The fourth-order valence-corrected chi connectivity index (χ4v) is 5.02. The molecule has 1 saturated heterocycles. The van der Waals surface area contributed by atoms with E-state index in [0.29, 0.717) is 12.8 Å². The van der Waals surface area contributed by atoms with Gasteiger partial charge in [-0.25, -0.2) is 18.2 Å². The summed E-state index contributed by atoms with van der Waals surface area (Å²) >= 11 is 0.815. The molecule has 0 saturated carbocycles. The summed E-state index contributed by atoms with van der Waals surface area (Å²) in [4.78, 5) is 14.6. The Bertz CT molecular complexity index is 588. The quantitative estimate of drug-likeness (QED) is 0.842. The van der Waals surface area contributed by atoms with E-state index in [9.17, 15) is 18.3 Å². The van der Waals surface area contributed by atoms with Crippen molar-refractivity contribution in [3.05, 3.63) is 11.2 Å². The number of carboxylic acid groups (broad SMARTS) is 1. The molecular weight excluding hydrogens is 304 g/mol. The molecule has 9 heteroatoms. The minimum Gasteiger partial charge on any atom is -0.476 e. The van der Waals surface area contributed by atoms with Crippen molar-refractivity contribution in [2.24, 2.45) is 5.92 Å². The van der Waals surface area contributed by atoms with Gasteiger partial charge in [0.2, 0.25) is 0 Å². The van der Waals surface area contributed by atoms with E-state index in [1.54, 1.807) is 6.92 Å². The maximum atomic E-state index is 12.4. The number of hydrogen-bond donors (Lipinski definition) is 2. The van der Waals surface area contributed by atoms with Crippen LogP contribution in [0.2, 0.25) is 0 Å². The highest BCUT2D eigenvalue weighted by molar-refractivity contribution is 7.91. The summed E-state index contributed by atoms with van der Waals surface area (Å²) in [7, 11) is -3.82. The Morgan fingerprint density at radius 3 is 2.60 bits per heavy atom. The largest absolute Gasteiger partial charge is 0.476 e. The van der Waals surface area contributed by atoms with Gasteiger partial charge in [0, 0.05) is 13.1 Å². The number of carboxylic acids is 1. The van der Waals surface area contributed by atoms with Crippen LogP contribution in [0.3, 0.4) is 0 Å². The second kappa shape index (κ2) is 5.76. The number of hydrogen-bond acceptors (Lipinski definition) is 6. The zero-order chi connectivity index (χ0) is 14.9. The molecule has 1 aliphatic rings. The minimum absolute atomic E-state index is 0.0851. The number of sulfonamides is 1. The van der Waals surface area contributed by atoms with E-state index in [1.807, 2.05) is 0 Å². The van der Waals surface area contributed by atoms with Crippen LogP contribution >= 0.6 is 11.3 Å². The van der Waals surface area contributed by atoms with Crippen molar-refractivity contribution >= 4 is 27.3 Å². The lowest BCUT2D eigenvalue weighted by Crippen LogP contribution is -2.40. The van der Waals surface area contributed by atoms with Crippen molar-refractivity contribution in [1.82, 2.24) is 9.29 Å². The van der Waals surface area contributed by atoms with Crippen molar-refractivity contribution in [2.75, 3.05) is 13.1 Å². The SMILES string of the molecule is CC(O)C1CCN(S(=O)(=O)c2scnc2C(=O)O)CC1. The van der Waals surface area contributed by atoms with Crippen molar-refractivity contribution < 1.29 is 23.4 Å². The van der Waals surface area contributed by atoms with Gasteiger partial charge in [0.25, 0.3) is 10.0 Å². The van der Waals surface area contributed by atoms with Gasteiger partial charge in [-0.05, 0) is 25.7 Å². The highest BCUT2D eigenvalue weighted by atomic mass is 32.2. The third-order valence-electron chi connectivity index (χ3n) is 3.49. The predicted molar refractivity (Wildman–Crippen MR) is 72.2 cm³/mol. The second-order valence-electron chi connectivity index (χ2n) is 4.78. The lowest BCUT2D eigenvalue weighted by molar-refractivity contribution is 0.0687. The molecule has 0 amide bonds. The molecule has 1 aromatic heterocycles. The zero-order valence-corrected chi connectivity index (χ0v) is 12.5. The number of aliphatic hydroxyl groups excluding tert-OH is 1. The third kappa shape index (κ3) is 2.85. The van der Waals surface area contributed by atoms with Crippen LogP contribution in [0, 0.1) is 5.92 Å². The van der Waals surface area contributed by atoms with Gasteiger partial charge in [-0.1, -0.05) is 0 Å². The van der Waals surface area contributed by atoms with E-state index in [2.05, 4.69) is 4.98 Å². The number of carbonyl (C=O) groups is 1. The molecule has 0 aliphatic carbocycles. The molecule has 0 aromatic carbocycles.